The molecule has 1 atom stereocenters. The maximum atomic E-state index is 11.2. The lowest BCUT2D eigenvalue weighted by atomic mass is 10.0. The van der Waals surface area contributed by atoms with Crippen LogP contribution in [-0.2, 0) is 16.0 Å². The van der Waals surface area contributed by atoms with Gasteiger partial charge in [0.25, 0.3) is 0 Å². The Morgan fingerprint density at radius 1 is 1.50 bits per heavy atom. The van der Waals surface area contributed by atoms with Gasteiger partial charge in [-0.15, -0.1) is 0 Å². The highest BCUT2D eigenvalue weighted by Crippen LogP contribution is 2.26. The van der Waals surface area contributed by atoms with Crippen molar-refractivity contribution in [1.29, 1.82) is 0 Å². The molecule has 0 spiro atoms. The van der Waals surface area contributed by atoms with Gasteiger partial charge in [-0.2, -0.15) is 0 Å². The number of anilines is 1. The van der Waals surface area contributed by atoms with Crippen LogP contribution >= 0.6 is 0 Å². The Hall–Kier alpha value is -2.08. The number of rotatable bonds is 6. The lowest BCUT2D eigenvalue weighted by molar-refractivity contribution is -0.139. The lowest BCUT2D eigenvalue weighted by Gasteiger charge is -2.18. The molecule has 6 nitrogen and oxygen atoms in total. The second-order valence-electron chi connectivity index (χ2n) is 4.68. The Kier molecular flexibility index (Phi) is 4.57. The molecule has 1 heterocycles. The number of benzene rings is 1. The molecule has 1 aliphatic heterocycles. The molecule has 20 heavy (non-hydrogen) atoms. The van der Waals surface area contributed by atoms with Crippen LogP contribution in [0.4, 0.5) is 5.69 Å². The molecule has 108 valence electrons. The minimum Gasteiger partial charge on any atom is -0.494 e. The molecule has 0 saturated heterocycles. The highest BCUT2D eigenvalue weighted by molar-refractivity contribution is 5.93. The summed E-state index contributed by atoms with van der Waals surface area (Å²) in [4.78, 5) is 22.1. The van der Waals surface area contributed by atoms with Gasteiger partial charge in [-0.05, 0) is 37.2 Å². The molecule has 1 amide bonds. The first-order valence-corrected chi connectivity index (χ1v) is 6.56. The number of fused-ring (bicyclic) bond motifs is 1. The van der Waals surface area contributed by atoms with Crippen LogP contribution in [0.2, 0.25) is 0 Å². The minimum absolute atomic E-state index is 0.0319. The van der Waals surface area contributed by atoms with Gasteiger partial charge in [0.05, 0.1) is 6.61 Å². The summed E-state index contributed by atoms with van der Waals surface area (Å²) >= 11 is 0. The summed E-state index contributed by atoms with van der Waals surface area (Å²) in [5.41, 5.74) is 1.87. The van der Waals surface area contributed by atoms with Crippen LogP contribution in [0.5, 0.6) is 5.75 Å². The van der Waals surface area contributed by atoms with Crippen LogP contribution < -0.4 is 15.4 Å². The molecular weight excluding hydrogens is 260 g/mol. The second kappa shape index (κ2) is 6.38. The number of hydrogen-bond acceptors (Lipinski definition) is 4. The first kappa shape index (κ1) is 14.3. The van der Waals surface area contributed by atoms with Gasteiger partial charge < -0.3 is 20.5 Å². The predicted octanol–water partition coefficient (Wildman–Crippen LogP) is 1.01. The van der Waals surface area contributed by atoms with Crippen LogP contribution in [0.25, 0.3) is 0 Å². The van der Waals surface area contributed by atoms with Gasteiger partial charge in [0.15, 0.2) is 0 Å². The molecule has 0 bridgehead atoms. The second-order valence-corrected chi connectivity index (χ2v) is 4.68. The summed E-state index contributed by atoms with van der Waals surface area (Å²) in [6.07, 6.45) is 1.57. The molecule has 1 aromatic rings. The minimum atomic E-state index is -0.885. The third-order valence-corrected chi connectivity index (χ3v) is 3.29. The van der Waals surface area contributed by atoms with E-state index >= 15 is 0 Å². The van der Waals surface area contributed by atoms with E-state index < -0.39 is 12.0 Å². The standard InChI is InChI=1S/C14H18N2O4/c1-15-12(14(18)19)6-7-20-10-3-4-11-9(8-10)2-5-13(17)16-11/h3-4,8,12,15H,2,5-7H2,1H3,(H,16,17)(H,18,19). The van der Waals surface area contributed by atoms with Crippen molar-refractivity contribution < 1.29 is 19.4 Å². The highest BCUT2D eigenvalue weighted by atomic mass is 16.5. The number of hydrogen-bond donors (Lipinski definition) is 3. The van der Waals surface area contributed by atoms with Crippen molar-refractivity contribution in [2.24, 2.45) is 0 Å². The predicted molar refractivity (Wildman–Crippen MR) is 74.0 cm³/mol. The largest absolute Gasteiger partial charge is 0.494 e. The molecule has 0 fully saturated rings. The Balaban J connectivity index is 1.91. The monoisotopic (exact) mass is 278 g/mol. The molecule has 3 N–H and O–H groups in total. The lowest BCUT2D eigenvalue weighted by Crippen LogP contribution is -2.35. The Morgan fingerprint density at radius 2 is 2.30 bits per heavy atom. The number of carboxylic acid groups (broad SMARTS) is 1. The maximum Gasteiger partial charge on any atom is 0.320 e. The summed E-state index contributed by atoms with van der Waals surface area (Å²) in [6.45, 7) is 0.322. The summed E-state index contributed by atoms with van der Waals surface area (Å²) < 4.78 is 5.57. The first-order chi connectivity index (χ1) is 9.60. The molecule has 0 saturated carbocycles. The number of ether oxygens (including phenoxy) is 1. The van der Waals surface area contributed by atoms with Gasteiger partial charge in [-0.25, -0.2) is 0 Å². The zero-order valence-electron chi connectivity index (χ0n) is 11.3. The SMILES string of the molecule is CNC(CCOc1ccc2c(c1)CCC(=O)N2)C(=O)O. The average molecular weight is 278 g/mol. The van der Waals surface area contributed by atoms with Crippen molar-refractivity contribution in [2.45, 2.75) is 25.3 Å². The van der Waals surface area contributed by atoms with Gasteiger partial charge in [-0.1, -0.05) is 0 Å². The van der Waals surface area contributed by atoms with E-state index in [1.54, 1.807) is 13.1 Å². The fourth-order valence-electron chi connectivity index (χ4n) is 2.14. The Labute approximate surface area is 117 Å². The van der Waals surface area contributed by atoms with E-state index in [4.69, 9.17) is 9.84 Å². The molecule has 1 aliphatic rings. The number of amides is 1. The Bertz CT molecular complexity index is 516. The summed E-state index contributed by atoms with van der Waals surface area (Å²) in [5, 5.41) is 14.4. The van der Waals surface area contributed by atoms with Gasteiger partial charge in [-0.3, -0.25) is 9.59 Å². The first-order valence-electron chi connectivity index (χ1n) is 6.56. The summed E-state index contributed by atoms with van der Waals surface area (Å²) in [5.74, 6) is -0.158. The van der Waals surface area contributed by atoms with E-state index in [0.717, 1.165) is 11.3 Å². The molecular formula is C14H18N2O4. The van der Waals surface area contributed by atoms with Crippen LogP contribution in [0, 0.1) is 0 Å². The number of carbonyl (C=O) groups is 2. The molecule has 0 radical (unpaired) electrons. The topological polar surface area (TPSA) is 87.7 Å². The zero-order valence-corrected chi connectivity index (χ0v) is 11.3. The number of aryl methyl sites for hydroxylation is 1. The van der Waals surface area contributed by atoms with E-state index in [9.17, 15) is 9.59 Å². The number of likely N-dealkylation sites (N-methyl/N-ethyl adjacent to an activating group) is 1. The van der Waals surface area contributed by atoms with E-state index in [0.29, 0.717) is 31.6 Å². The van der Waals surface area contributed by atoms with Gasteiger partial charge in [0, 0.05) is 18.5 Å². The molecule has 2 rings (SSSR count). The van der Waals surface area contributed by atoms with E-state index in [-0.39, 0.29) is 5.91 Å². The normalized spacial score (nSPS) is 15.2. The molecule has 0 aromatic heterocycles. The maximum absolute atomic E-state index is 11.2. The average Bonchev–Trinajstić information content (AvgIpc) is 2.43. The molecule has 6 heteroatoms. The fraction of sp³-hybridized carbons (Fsp3) is 0.429. The van der Waals surface area contributed by atoms with Crippen molar-refractivity contribution in [1.82, 2.24) is 5.32 Å². The van der Waals surface area contributed by atoms with Crippen molar-refractivity contribution in [3.05, 3.63) is 23.8 Å². The molecule has 1 aromatic carbocycles. The smallest absolute Gasteiger partial charge is 0.320 e. The number of carbonyl (C=O) groups excluding carboxylic acids is 1. The van der Waals surface area contributed by atoms with Crippen molar-refractivity contribution in [3.63, 3.8) is 0 Å². The van der Waals surface area contributed by atoms with Crippen LogP contribution in [-0.4, -0.2) is 36.7 Å². The highest BCUT2D eigenvalue weighted by Gasteiger charge is 2.16. The molecule has 1 unspecified atom stereocenters. The third kappa shape index (κ3) is 3.48. The fourth-order valence-corrected chi connectivity index (χ4v) is 2.14. The summed E-state index contributed by atoms with van der Waals surface area (Å²) in [6, 6.07) is 4.88. The van der Waals surface area contributed by atoms with Crippen molar-refractivity contribution in [2.75, 3.05) is 19.0 Å². The van der Waals surface area contributed by atoms with Crippen molar-refractivity contribution in [3.8, 4) is 5.75 Å². The van der Waals surface area contributed by atoms with E-state index in [1.807, 2.05) is 12.1 Å². The van der Waals surface area contributed by atoms with Gasteiger partial charge in [0.1, 0.15) is 11.8 Å². The van der Waals surface area contributed by atoms with Crippen molar-refractivity contribution >= 4 is 17.6 Å². The summed E-state index contributed by atoms with van der Waals surface area (Å²) in [7, 11) is 1.61. The third-order valence-electron chi connectivity index (χ3n) is 3.29. The quantitative estimate of drug-likeness (QED) is 0.723. The van der Waals surface area contributed by atoms with Crippen LogP contribution in [0.15, 0.2) is 18.2 Å². The number of aliphatic carboxylic acids is 1. The molecule has 0 aliphatic carbocycles. The van der Waals surface area contributed by atoms with Gasteiger partial charge >= 0.3 is 5.97 Å². The Morgan fingerprint density at radius 3 is 3.00 bits per heavy atom. The van der Waals surface area contributed by atoms with Crippen LogP contribution in [0.1, 0.15) is 18.4 Å². The number of carboxylic acids is 1. The van der Waals surface area contributed by atoms with Crippen LogP contribution in [0.3, 0.4) is 0 Å². The van der Waals surface area contributed by atoms with E-state index in [2.05, 4.69) is 10.6 Å². The van der Waals surface area contributed by atoms with Gasteiger partial charge in [0.2, 0.25) is 5.91 Å². The zero-order chi connectivity index (χ0) is 14.5. The number of nitrogens with one attached hydrogen (secondary N) is 2. The van der Waals surface area contributed by atoms with E-state index in [1.165, 1.54) is 0 Å².